The minimum Gasteiger partial charge on any atom is -0.317 e. The Bertz CT molecular complexity index is 100. The van der Waals surface area contributed by atoms with Crippen molar-refractivity contribution in [2.45, 2.75) is 54.9 Å². The van der Waals surface area contributed by atoms with Gasteiger partial charge in [0.25, 0.3) is 0 Å². The number of nitrogens with two attached hydrogens (primary N) is 1. The van der Waals surface area contributed by atoms with Gasteiger partial charge < -0.3 is 5.73 Å². The Balaban J connectivity index is 2.31. The molecule has 2 N–H and O–H groups in total. The molecule has 0 atom stereocenters. The zero-order valence-corrected chi connectivity index (χ0v) is 9.27. The molecule has 0 spiro atoms. The lowest BCUT2D eigenvalue weighted by atomic mass is 10.1. The van der Waals surface area contributed by atoms with E-state index >= 15 is 0 Å². The third-order valence-electron chi connectivity index (χ3n) is 2.43. The van der Waals surface area contributed by atoms with E-state index in [-0.39, 0.29) is 3.55 Å². The molecule has 0 bridgehead atoms. The maximum Gasteiger partial charge on any atom is 0.0680 e. The topological polar surface area (TPSA) is 26.0 Å². The van der Waals surface area contributed by atoms with Crippen LogP contribution in [0.2, 0.25) is 0 Å². The lowest BCUT2D eigenvalue weighted by Crippen LogP contribution is -2.31. The first-order chi connectivity index (χ1) is 5.21. The fourth-order valence-electron chi connectivity index (χ4n) is 1.67. The molecule has 66 valence electrons. The van der Waals surface area contributed by atoms with E-state index in [1.165, 1.54) is 51.4 Å². The largest absolute Gasteiger partial charge is 0.317 e. The van der Waals surface area contributed by atoms with Crippen molar-refractivity contribution in [3.05, 3.63) is 0 Å². The van der Waals surface area contributed by atoms with Gasteiger partial charge in [-0.15, -0.1) is 0 Å². The van der Waals surface area contributed by atoms with Crippen LogP contribution in [0, 0.1) is 0 Å². The summed E-state index contributed by atoms with van der Waals surface area (Å²) in [6, 6.07) is 0. The van der Waals surface area contributed by atoms with Crippen LogP contribution in [-0.2, 0) is 0 Å². The maximum atomic E-state index is 6.10. The van der Waals surface area contributed by atoms with Crippen LogP contribution in [-0.4, -0.2) is 3.55 Å². The summed E-state index contributed by atoms with van der Waals surface area (Å²) in [6.07, 6.45) is 10.7. The predicted molar refractivity (Wildman–Crippen MR) is 57.9 cm³/mol. The van der Waals surface area contributed by atoms with E-state index in [4.69, 9.17) is 5.73 Å². The summed E-state index contributed by atoms with van der Waals surface area (Å²) < 4.78 is 0.113. The number of halogens is 1. The van der Waals surface area contributed by atoms with Crippen LogP contribution in [0.5, 0.6) is 0 Å². The molecule has 1 nitrogen and oxygen atoms in total. The number of hydrogen-bond acceptors (Lipinski definition) is 1. The smallest absolute Gasteiger partial charge is 0.0680 e. The maximum absolute atomic E-state index is 6.10. The third kappa shape index (κ3) is 4.31. The molecule has 11 heavy (non-hydrogen) atoms. The zero-order valence-electron chi connectivity index (χ0n) is 7.11. The minimum absolute atomic E-state index is 0.113. The van der Waals surface area contributed by atoms with Gasteiger partial charge in [-0.3, -0.25) is 0 Å². The number of alkyl halides is 1. The highest BCUT2D eigenvalue weighted by Gasteiger charge is 2.19. The van der Waals surface area contributed by atoms with Crippen LogP contribution in [0.3, 0.4) is 0 Å². The fourth-order valence-corrected chi connectivity index (χ4v) is 2.43. The van der Waals surface area contributed by atoms with Crippen molar-refractivity contribution in [1.82, 2.24) is 0 Å². The molecule has 0 unspecified atom stereocenters. The van der Waals surface area contributed by atoms with Crippen molar-refractivity contribution in [2.75, 3.05) is 0 Å². The summed E-state index contributed by atoms with van der Waals surface area (Å²) in [4.78, 5) is 0. The summed E-state index contributed by atoms with van der Waals surface area (Å²) in [7, 11) is 0. The van der Waals surface area contributed by atoms with Crippen molar-refractivity contribution in [1.29, 1.82) is 0 Å². The van der Waals surface area contributed by atoms with E-state index < -0.39 is 0 Å². The standard InChI is InChI=1S/C9H18IN/c10-9(11)7-5-3-1-2-4-6-8-9/h1-8,11H2. The van der Waals surface area contributed by atoms with E-state index in [1.54, 1.807) is 0 Å². The number of hydrogen-bond donors (Lipinski definition) is 1. The second kappa shape index (κ2) is 4.65. The van der Waals surface area contributed by atoms with E-state index in [1.807, 2.05) is 0 Å². The third-order valence-corrected chi connectivity index (χ3v) is 3.51. The van der Waals surface area contributed by atoms with Gasteiger partial charge in [0, 0.05) is 0 Å². The molecule has 1 aliphatic rings. The zero-order chi connectivity index (χ0) is 8.16. The molecule has 0 amide bonds. The van der Waals surface area contributed by atoms with Gasteiger partial charge in [-0.25, -0.2) is 0 Å². The van der Waals surface area contributed by atoms with Crippen molar-refractivity contribution in [3.63, 3.8) is 0 Å². The normalized spacial score (nSPS) is 26.7. The molecular formula is C9H18IN. The molecule has 0 aliphatic heterocycles. The van der Waals surface area contributed by atoms with Crippen molar-refractivity contribution in [2.24, 2.45) is 5.73 Å². The van der Waals surface area contributed by atoms with E-state index in [2.05, 4.69) is 22.6 Å². The molecule has 2 heteroatoms. The molecule has 0 aromatic carbocycles. The van der Waals surface area contributed by atoms with Crippen LogP contribution in [0.15, 0.2) is 0 Å². The van der Waals surface area contributed by atoms with Gasteiger partial charge in [0.2, 0.25) is 0 Å². The molecule has 1 saturated carbocycles. The molecule has 1 fully saturated rings. The summed E-state index contributed by atoms with van der Waals surface area (Å²) in [5.41, 5.74) is 6.10. The average molecular weight is 267 g/mol. The molecule has 0 heterocycles. The Morgan fingerprint density at radius 2 is 1.18 bits per heavy atom. The van der Waals surface area contributed by atoms with Crippen molar-refractivity contribution in [3.8, 4) is 0 Å². The van der Waals surface area contributed by atoms with E-state index in [0.717, 1.165) is 0 Å². The molecule has 1 rings (SSSR count). The van der Waals surface area contributed by atoms with Gasteiger partial charge in [0.1, 0.15) is 0 Å². The van der Waals surface area contributed by atoms with Crippen LogP contribution >= 0.6 is 22.6 Å². The first-order valence-electron chi connectivity index (χ1n) is 4.68. The Morgan fingerprint density at radius 3 is 1.64 bits per heavy atom. The van der Waals surface area contributed by atoms with Gasteiger partial charge in [0.05, 0.1) is 3.55 Å². The quantitative estimate of drug-likeness (QED) is 0.407. The fraction of sp³-hybridized carbons (Fsp3) is 1.00. The Kier molecular flexibility index (Phi) is 4.13. The molecular weight excluding hydrogens is 249 g/mol. The second-order valence-electron chi connectivity index (χ2n) is 3.66. The van der Waals surface area contributed by atoms with Crippen LogP contribution in [0.4, 0.5) is 0 Å². The van der Waals surface area contributed by atoms with Gasteiger partial charge in [-0.2, -0.15) is 0 Å². The monoisotopic (exact) mass is 267 g/mol. The summed E-state index contributed by atoms with van der Waals surface area (Å²) in [6.45, 7) is 0. The van der Waals surface area contributed by atoms with Gasteiger partial charge in [-0.05, 0) is 12.8 Å². The first-order valence-corrected chi connectivity index (χ1v) is 5.76. The minimum atomic E-state index is 0.113. The van der Waals surface area contributed by atoms with Gasteiger partial charge >= 0.3 is 0 Å². The molecule has 1 aliphatic carbocycles. The van der Waals surface area contributed by atoms with Gasteiger partial charge in [-0.1, -0.05) is 61.1 Å². The number of rotatable bonds is 0. The Labute approximate surface area is 83.3 Å². The van der Waals surface area contributed by atoms with Crippen LogP contribution < -0.4 is 5.73 Å². The lowest BCUT2D eigenvalue weighted by molar-refractivity contribution is 0.513. The van der Waals surface area contributed by atoms with Crippen molar-refractivity contribution < 1.29 is 0 Å². The average Bonchev–Trinajstić information content (AvgIpc) is 2.00. The van der Waals surface area contributed by atoms with E-state index in [0.29, 0.717) is 0 Å². The second-order valence-corrected chi connectivity index (χ2v) is 5.80. The predicted octanol–water partition coefficient (Wildman–Crippen LogP) is 3.21. The SMILES string of the molecule is NC1(I)CCCCCCCC1. The first kappa shape index (κ1) is 9.78. The molecule has 0 radical (unpaired) electrons. The summed E-state index contributed by atoms with van der Waals surface area (Å²) >= 11 is 2.43. The molecule has 0 aromatic rings. The van der Waals surface area contributed by atoms with Crippen LogP contribution in [0.25, 0.3) is 0 Å². The highest BCUT2D eigenvalue weighted by Crippen LogP contribution is 2.28. The van der Waals surface area contributed by atoms with E-state index in [9.17, 15) is 0 Å². The summed E-state index contributed by atoms with van der Waals surface area (Å²) in [5.74, 6) is 0. The Morgan fingerprint density at radius 1 is 0.818 bits per heavy atom. The highest BCUT2D eigenvalue weighted by atomic mass is 127. The highest BCUT2D eigenvalue weighted by molar-refractivity contribution is 14.1. The van der Waals surface area contributed by atoms with Gasteiger partial charge in [0.15, 0.2) is 0 Å². The Hall–Kier alpha value is 0.690. The summed E-state index contributed by atoms with van der Waals surface area (Å²) in [5, 5.41) is 0. The molecule has 0 aromatic heterocycles. The molecule has 0 saturated heterocycles. The lowest BCUT2D eigenvalue weighted by Gasteiger charge is -2.21. The van der Waals surface area contributed by atoms with Crippen LogP contribution in [0.1, 0.15) is 51.4 Å². The van der Waals surface area contributed by atoms with Crippen molar-refractivity contribution >= 4 is 22.6 Å².